The van der Waals surface area contributed by atoms with Gasteiger partial charge in [-0.1, -0.05) is 60.7 Å². The van der Waals surface area contributed by atoms with Gasteiger partial charge in [0.1, 0.15) is 5.65 Å². The summed E-state index contributed by atoms with van der Waals surface area (Å²) in [5, 5.41) is 3.28. The maximum Gasteiger partial charge on any atom is 0.329 e. The first kappa shape index (κ1) is 21.2. The lowest BCUT2D eigenvalue weighted by Crippen LogP contribution is -2.31. The highest BCUT2D eigenvalue weighted by Crippen LogP contribution is 2.21. The van der Waals surface area contributed by atoms with E-state index in [4.69, 9.17) is 0 Å². The maximum atomic E-state index is 13.0. The van der Waals surface area contributed by atoms with Gasteiger partial charge in [-0.2, -0.15) is 0 Å². The molecule has 2 heterocycles. The molecule has 2 aromatic heterocycles. The van der Waals surface area contributed by atoms with Crippen LogP contribution in [0.15, 0.2) is 82.5 Å². The van der Waals surface area contributed by atoms with E-state index < -0.39 is 11.2 Å². The molecular formula is C25H24N4O3. The second kappa shape index (κ2) is 9.43. The number of H-pyrrole nitrogens is 1. The third-order valence-electron chi connectivity index (χ3n) is 5.52. The third-order valence-corrected chi connectivity index (χ3v) is 5.52. The number of aryl methyl sites for hydroxylation is 2. The standard InChI is InChI=1S/C25H24N4O3/c1-29-22-20(24(31)28-25(29)32)15-19(16-26-22)23(30)27-21(18-12-6-3-7-13-18)14-8-11-17-9-4-2-5-10-17/h2-7,9-10,12-13,15-16,21H,8,11,14H2,1H3,(H,27,30)(H,28,31,32). The van der Waals surface area contributed by atoms with Crippen molar-refractivity contribution in [3.05, 3.63) is 110 Å². The number of nitrogens with one attached hydrogen (secondary N) is 2. The Bertz CT molecular complexity index is 1340. The number of hydrogen-bond donors (Lipinski definition) is 2. The Morgan fingerprint density at radius 2 is 1.75 bits per heavy atom. The van der Waals surface area contributed by atoms with Crippen LogP contribution in [0.5, 0.6) is 0 Å². The van der Waals surface area contributed by atoms with Gasteiger partial charge in [0.2, 0.25) is 0 Å². The van der Waals surface area contributed by atoms with Crippen molar-refractivity contribution in [2.24, 2.45) is 7.05 Å². The Labute approximate surface area is 184 Å². The van der Waals surface area contributed by atoms with E-state index in [0.717, 1.165) is 24.8 Å². The number of carbonyl (C=O) groups excluding carboxylic acids is 1. The van der Waals surface area contributed by atoms with Crippen molar-refractivity contribution in [3.63, 3.8) is 0 Å². The van der Waals surface area contributed by atoms with Crippen LogP contribution in [0.4, 0.5) is 0 Å². The van der Waals surface area contributed by atoms with Gasteiger partial charge >= 0.3 is 5.69 Å². The number of benzene rings is 2. The van der Waals surface area contributed by atoms with Gasteiger partial charge in [0.25, 0.3) is 11.5 Å². The Morgan fingerprint density at radius 3 is 2.47 bits per heavy atom. The van der Waals surface area contributed by atoms with E-state index in [1.807, 2.05) is 48.5 Å². The largest absolute Gasteiger partial charge is 0.345 e. The molecule has 0 aliphatic carbocycles. The molecule has 0 aliphatic heterocycles. The van der Waals surface area contributed by atoms with E-state index in [-0.39, 0.29) is 28.5 Å². The average Bonchev–Trinajstić information content (AvgIpc) is 2.83. The highest BCUT2D eigenvalue weighted by atomic mass is 16.2. The Balaban J connectivity index is 1.55. The first-order valence-corrected chi connectivity index (χ1v) is 10.5. The molecule has 7 nitrogen and oxygen atoms in total. The van der Waals surface area contributed by atoms with Crippen LogP contribution in [0.3, 0.4) is 0 Å². The molecule has 32 heavy (non-hydrogen) atoms. The first-order chi connectivity index (χ1) is 15.5. The lowest BCUT2D eigenvalue weighted by atomic mass is 9.98. The van der Waals surface area contributed by atoms with E-state index in [1.54, 1.807) is 0 Å². The average molecular weight is 428 g/mol. The van der Waals surface area contributed by atoms with E-state index in [1.165, 1.54) is 29.4 Å². The lowest BCUT2D eigenvalue weighted by molar-refractivity contribution is 0.0934. The molecular weight excluding hydrogens is 404 g/mol. The summed E-state index contributed by atoms with van der Waals surface area (Å²) in [6, 6.07) is 21.4. The molecule has 2 N–H and O–H groups in total. The molecule has 0 spiro atoms. The first-order valence-electron chi connectivity index (χ1n) is 10.5. The van der Waals surface area contributed by atoms with E-state index in [0.29, 0.717) is 0 Å². The zero-order valence-corrected chi connectivity index (χ0v) is 17.7. The minimum absolute atomic E-state index is 0.179. The van der Waals surface area contributed by atoms with Crippen LogP contribution >= 0.6 is 0 Å². The number of amides is 1. The zero-order valence-electron chi connectivity index (χ0n) is 17.7. The fourth-order valence-corrected chi connectivity index (χ4v) is 3.76. The second-order valence-corrected chi connectivity index (χ2v) is 7.73. The van der Waals surface area contributed by atoms with Crippen molar-refractivity contribution in [1.29, 1.82) is 0 Å². The van der Waals surface area contributed by atoms with Crippen LogP contribution in [-0.4, -0.2) is 20.4 Å². The summed E-state index contributed by atoms with van der Waals surface area (Å²) >= 11 is 0. The number of rotatable bonds is 7. The SMILES string of the molecule is Cn1c(=O)[nH]c(=O)c2cc(C(=O)NC(CCCc3ccccc3)c3ccccc3)cnc21. The molecule has 2 aromatic carbocycles. The summed E-state index contributed by atoms with van der Waals surface area (Å²) < 4.78 is 1.24. The summed E-state index contributed by atoms with van der Waals surface area (Å²) in [7, 11) is 1.52. The number of fused-ring (bicyclic) bond motifs is 1. The summed E-state index contributed by atoms with van der Waals surface area (Å²) in [5.41, 5.74) is 1.67. The van der Waals surface area contributed by atoms with Gasteiger partial charge < -0.3 is 5.32 Å². The van der Waals surface area contributed by atoms with Crippen molar-refractivity contribution in [2.75, 3.05) is 0 Å². The molecule has 0 saturated carbocycles. The van der Waals surface area contributed by atoms with Gasteiger partial charge in [-0.05, 0) is 36.5 Å². The van der Waals surface area contributed by atoms with Crippen LogP contribution in [0.1, 0.15) is 40.4 Å². The zero-order chi connectivity index (χ0) is 22.5. The number of carbonyl (C=O) groups is 1. The summed E-state index contributed by atoms with van der Waals surface area (Å²) in [5.74, 6) is -0.318. The van der Waals surface area contributed by atoms with Gasteiger partial charge in [0, 0.05) is 13.2 Å². The molecule has 0 saturated heterocycles. The number of nitrogens with zero attached hydrogens (tertiary/aromatic N) is 2. The van der Waals surface area contributed by atoms with Crippen LogP contribution in [-0.2, 0) is 13.5 Å². The van der Waals surface area contributed by atoms with Crippen LogP contribution < -0.4 is 16.6 Å². The highest BCUT2D eigenvalue weighted by Gasteiger charge is 2.17. The third kappa shape index (κ3) is 4.67. The molecule has 0 bridgehead atoms. The normalized spacial score (nSPS) is 11.9. The maximum absolute atomic E-state index is 13.0. The van der Waals surface area contributed by atoms with E-state index in [2.05, 4.69) is 27.4 Å². The van der Waals surface area contributed by atoms with Gasteiger partial charge in [0.15, 0.2) is 0 Å². The monoisotopic (exact) mass is 428 g/mol. The van der Waals surface area contributed by atoms with Crippen molar-refractivity contribution < 1.29 is 4.79 Å². The predicted octanol–water partition coefficient (Wildman–Crippen LogP) is 3.12. The number of hydrogen-bond acceptors (Lipinski definition) is 4. The summed E-state index contributed by atoms with van der Waals surface area (Å²) in [6.07, 6.45) is 3.98. The molecule has 1 amide bonds. The van der Waals surface area contributed by atoms with Crippen molar-refractivity contribution >= 4 is 16.9 Å². The molecule has 0 aliphatic rings. The second-order valence-electron chi connectivity index (χ2n) is 7.73. The molecule has 1 atom stereocenters. The fraction of sp³-hybridized carbons (Fsp3) is 0.200. The van der Waals surface area contributed by atoms with Crippen LogP contribution in [0.2, 0.25) is 0 Å². The fourth-order valence-electron chi connectivity index (χ4n) is 3.76. The molecule has 7 heteroatoms. The Morgan fingerprint density at radius 1 is 1.06 bits per heavy atom. The Kier molecular flexibility index (Phi) is 6.26. The van der Waals surface area contributed by atoms with Gasteiger partial charge in [0.05, 0.1) is 17.0 Å². The van der Waals surface area contributed by atoms with Crippen LogP contribution in [0.25, 0.3) is 11.0 Å². The Hall–Kier alpha value is -4.00. The molecule has 4 rings (SSSR count). The topological polar surface area (TPSA) is 96.9 Å². The predicted molar refractivity (Wildman–Crippen MR) is 124 cm³/mol. The van der Waals surface area contributed by atoms with Gasteiger partial charge in [-0.15, -0.1) is 0 Å². The lowest BCUT2D eigenvalue weighted by Gasteiger charge is -2.19. The van der Waals surface area contributed by atoms with E-state index in [9.17, 15) is 14.4 Å². The number of pyridine rings is 1. The number of aromatic amines is 1. The van der Waals surface area contributed by atoms with Gasteiger partial charge in [-0.25, -0.2) is 9.78 Å². The minimum Gasteiger partial charge on any atom is -0.345 e. The van der Waals surface area contributed by atoms with Crippen molar-refractivity contribution in [1.82, 2.24) is 19.9 Å². The summed E-state index contributed by atoms with van der Waals surface area (Å²) in [6.45, 7) is 0. The highest BCUT2D eigenvalue weighted by molar-refractivity contribution is 5.96. The van der Waals surface area contributed by atoms with Gasteiger partial charge in [-0.3, -0.25) is 19.1 Å². The van der Waals surface area contributed by atoms with Crippen molar-refractivity contribution in [2.45, 2.75) is 25.3 Å². The molecule has 162 valence electrons. The summed E-state index contributed by atoms with van der Waals surface area (Å²) in [4.78, 5) is 43.4. The number of aromatic nitrogens is 3. The van der Waals surface area contributed by atoms with Crippen molar-refractivity contribution in [3.8, 4) is 0 Å². The molecule has 0 fully saturated rings. The molecule has 0 radical (unpaired) electrons. The van der Waals surface area contributed by atoms with E-state index >= 15 is 0 Å². The van der Waals surface area contributed by atoms with Crippen LogP contribution in [0, 0.1) is 0 Å². The smallest absolute Gasteiger partial charge is 0.329 e. The minimum atomic E-state index is -0.562. The molecule has 1 unspecified atom stereocenters. The molecule has 4 aromatic rings. The quantitative estimate of drug-likeness (QED) is 0.473.